The minimum atomic E-state index is -3.68. The summed E-state index contributed by atoms with van der Waals surface area (Å²) in [6.07, 6.45) is 5.16. The average molecular weight is 372 g/mol. The van der Waals surface area contributed by atoms with E-state index in [1.165, 1.54) is 4.31 Å². The van der Waals surface area contributed by atoms with Crippen molar-refractivity contribution in [2.24, 2.45) is 0 Å². The van der Waals surface area contributed by atoms with Crippen LogP contribution in [0.4, 0.5) is 0 Å². The maximum atomic E-state index is 13.1. The topological polar surface area (TPSA) is 97.6 Å². The SMILES string of the molecule is Cc1nc(C2(NS(=O)(=O)N3CC(C)OC(C)C3)CCCCCC2)no1. The van der Waals surface area contributed by atoms with Crippen molar-refractivity contribution >= 4 is 10.2 Å². The number of aryl methyl sites for hydroxylation is 1. The van der Waals surface area contributed by atoms with Gasteiger partial charge < -0.3 is 9.26 Å². The minimum absolute atomic E-state index is 0.127. The molecule has 0 spiro atoms. The molecule has 1 aromatic heterocycles. The van der Waals surface area contributed by atoms with Crippen molar-refractivity contribution in [1.82, 2.24) is 19.2 Å². The van der Waals surface area contributed by atoms with Gasteiger partial charge in [0.15, 0.2) is 5.82 Å². The summed E-state index contributed by atoms with van der Waals surface area (Å²) in [5.74, 6) is 0.899. The highest BCUT2D eigenvalue weighted by molar-refractivity contribution is 7.87. The lowest BCUT2D eigenvalue weighted by molar-refractivity contribution is -0.0447. The van der Waals surface area contributed by atoms with Crippen molar-refractivity contribution in [3.05, 3.63) is 11.7 Å². The Kier molecular flexibility index (Phi) is 5.48. The van der Waals surface area contributed by atoms with Gasteiger partial charge in [-0.05, 0) is 26.7 Å². The van der Waals surface area contributed by atoms with Crippen LogP contribution in [0.15, 0.2) is 4.52 Å². The van der Waals surface area contributed by atoms with Gasteiger partial charge in [0, 0.05) is 20.0 Å². The van der Waals surface area contributed by atoms with E-state index in [1.54, 1.807) is 6.92 Å². The maximum Gasteiger partial charge on any atom is 0.280 e. The van der Waals surface area contributed by atoms with Crippen molar-refractivity contribution in [2.45, 2.75) is 77.0 Å². The molecule has 142 valence electrons. The number of nitrogens with zero attached hydrogens (tertiary/aromatic N) is 3. The van der Waals surface area contributed by atoms with Crippen LogP contribution in [0.25, 0.3) is 0 Å². The third-order valence-corrected chi connectivity index (χ3v) is 6.59. The van der Waals surface area contributed by atoms with E-state index in [1.807, 2.05) is 13.8 Å². The van der Waals surface area contributed by atoms with Gasteiger partial charge in [0.25, 0.3) is 10.2 Å². The first-order valence-corrected chi connectivity index (χ1v) is 10.5. The van der Waals surface area contributed by atoms with Crippen molar-refractivity contribution in [3.8, 4) is 0 Å². The zero-order chi connectivity index (χ0) is 18.1. The number of rotatable bonds is 4. The van der Waals surface area contributed by atoms with E-state index in [-0.39, 0.29) is 12.2 Å². The molecule has 2 unspecified atom stereocenters. The summed E-state index contributed by atoms with van der Waals surface area (Å²) in [6.45, 7) is 6.20. The molecule has 8 nitrogen and oxygen atoms in total. The highest BCUT2D eigenvalue weighted by atomic mass is 32.2. The van der Waals surface area contributed by atoms with E-state index in [9.17, 15) is 8.42 Å². The molecule has 2 fully saturated rings. The van der Waals surface area contributed by atoms with Crippen LogP contribution >= 0.6 is 0 Å². The van der Waals surface area contributed by atoms with Crippen LogP contribution in [0, 0.1) is 6.92 Å². The summed E-state index contributed by atoms with van der Waals surface area (Å²) in [7, 11) is -3.68. The molecule has 1 aromatic rings. The molecule has 1 saturated heterocycles. The van der Waals surface area contributed by atoms with Crippen molar-refractivity contribution < 1.29 is 17.7 Å². The summed E-state index contributed by atoms with van der Waals surface area (Å²) < 4.78 is 41.5. The van der Waals surface area contributed by atoms with Crippen LogP contribution < -0.4 is 4.72 Å². The van der Waals surface area contributed by atoms with Gasteiger partial charge in [0.1, 0.15) is 0 Å². The zero-order valence-electron chi connectivity index (χ0n) is 15.2. The number of nitrogens with one attached hydrogen (secondary N) is 1. The van der Waals surface area contributed by atoms with E-state index in [0.717, 1.165) is 25.7 Å². The number of hydrogen-bond acceptors (Lipinski definition) is 6. The smallest absolute Gasteiger partial charge is 0.280 e. The van der Waals surface area contributed by atoms with E-state index < -0.39 is 15.7 Å². The van der Waals surface area contributed by atoms with Gasteiger partial charge >= 0.3 is 0 Å². The Balaban J connectivity index is 1.89. The number of hydrogen-bond donors (Lipinski definition) is 1. The molecule has 2 atom stereocenters. The highest BCUT2D eigenvalue weighted by Crippen LogP contribution is 2.35. The molecule has 25 heavy (non-hydrogen) atoms. The maximum absolute atomic E-state index is 13.1. The molecule has 2 heterocycles. The monoisotopic (exact) mass is 372 g/mol. The standard InChI is InChI=1S/C16H28N4O4S/c1-12-10-20(11-13(2)23-12)25(21,22)19-16(8-6-4-5-7-9-16)15-17-14(3)24-18-15/h12-13,19H,4-11H2,1-3H3. The van der Waals surface area contributed by atoms with Crippen LogP contribution in [0.1, 0.15) is 64.1 Å². The Morgan fingerprint density at radius 3 is 2.24 bits per heavy atom. The third kappa shape index (κ3) is 4.21. The second-order valence-electron chi connectivity index (χ2n) is 7.31. The molecule has 0 bridgehead atoms. The van der Waals surface area contributed by atoms with Crippen molar-refractivity contribution in [3.63, 3.8) is 0 Å². The summed E-state index contributed by atoms with van der Waals surface area (Å²) in [4.78, 5) is 4.36. The molecule has 1 saturated carbocycles. The summed E-state index contributed by atoms with van der Waals surface area (Å²) in [6, 6.07) is 0. The predicted molar refractivity (Wildman–Crippen MR) is 92.1 cm³/mol. The Labute approximate surface area is 149 Å². The van der Waals surface area contributed by atoms with Crippen LogP contribution in [-0.4, -0.2) is 48.2 Å². The lowest BCUT2D eigenvalue weighted by atomic mass is 9.91. The molecule has 1 aliphatic heterocycles. The third-order valence-electron chi connectivity index (χ3n) is 4.96. The molecule has 0 aromatic carbocycles. The first-order valence-electron chi connectivity index (χ1n) is 9.06. The fraction of sp³-hybridized carbons (Fsp3) is 0.875. The van der Waals surface area contributed by atoms with Gasteiger partial charge in [-0.15, -0.1) is 0 Å². The summed E-state index contributed by atoms with van der Waals surface area (Å²) in [5, 5.41) is 4.06. The average Bonchev–Trinajstić information content (AvgIpc) is 2.83. The van der Waals surface area contributed by atoms with Gasteiger partial charge in [0.2, 0.25) is 5.89 Å². The van der Waals surface area contributed by atoms with E-state index in [2.05, 4.69) is 14.9 Å². The molecule has 0 amide bonds. The zero-order valence-corrected chi connectivity index (χ0v) is 16.0. The summed E-state index contributed by atoms with van der Waals surface area (Å²) in [5.41, 5.74) is -0.794. The Hall–Kier alpha value is -1.03. The highest BCUT2D eigenvalue weighted by Gasteiger charge is 2.43. The molecule has 9 heteroatoms. The number of morpholine rings is 1. The van der Waals surface area contributed by atoms with Crippen LogP contribution in [-0.2, 0) is 20.5 Å². The Morgan fingerprint density at radius 1 is 1.12 bits per heavy atom. The fourth-order valence-electron chi connectivity index (χ4n) is 3.84. The minimum Gasteiger partial charge on any atom is -0.373 e. The van der Waals surface area contributed by atoms with Gasteiger partial charge in [-0.25, -0.2) is 0 Å². The van der Waals surface area contributed by atoms with Crippen LogP contribution in [0.2, 0.25) is 0 Å². The molecule has 1 aliphatic carbocycles. The van der Waals surface area contributed by atoms with Crippen molar-refractivity contribution in [2.75, 3.05) is 13.1 Å². The van der Waals surface area contributed by atoms with Crippen LogP contribution in [0.3, 0.4) is 0 Å². The first kappa shape index (κ1) is 18.8. The fourth-order valence-corrected chi connectivity index (χ4v) is 5.57. The second kappa shape index (κ2) is 7.30. The van der Waals surface area contributed by atoms with Gasteiger partial charge in [-0.3, -0.25) is 0 Å². The van der Waals surface area contributed by atoms with Crippen molar-refractivity contribution in [1.29, 1.82) is 0 Å². The van der Waals surface area contributed by atoms with E-state index in [0.29, 0.717) is 37.6 Å². The normalized spacial score (nSPS) is 28.6. The lowest BCUT2D eigenvalue weighted by Gasteiger charge is -2.38. The Morgan fingerprint density at radius 2 is 1.72 bits per heavy atom. The van der Waals surface area contributed by atoms with E-state index >= 15 is 0 Å². The first-order chi connectivity index (χ1) is 11.8. The molecule has 0 radical (unpaired) electrons. The summed E-state index contributed by atoms with van der Waals surface area (Å²) >= 11 is 0. The van der Waals surface area contributed by atoms with Gasteiger partial charge in [-0.2, -0.15) is 22.4 Å². The molecular formula is C16H28N4O4S. The molecule has 2 aliphatic rings. The predicted octanol–water partition coefficient (Wildman–Crippen LogP) is 1.87. The van der Waals surface area contributed by atoms with Crippen LogP contribution in [0.5, 0.6) is 0 Å². The lowest BCUT2D eigenvalue weighted by Crippen LogP contribution is -2.56. The second-order valence-corrected chi connectivity index (χ2v) is 8.99. The number of aromatic nitrogens is 2. The molecule has 3 rings (SSSR count). The van der Waals surface area contributed by atoms with E-state index in [4.69, 9.17) is 9.26 Å². The quantitative estimate of drug-likeness (QED) is 0.810. The molecular weight excluding hydrogens is 344 g/mol. The largest absolute Gasteiger partial charge is 0.373 e. The number of ether oxygens (including phenoxy) is 1. The van der Waals surface area contributed by atoms with Gasteiger partial charge in [-0.1, -0.05) is 30.8 Å². The Bertz CT molecular complexity index is 672. The van der Waals surface area contributed by atoms with Gasteiger partial charge in [0.05, 0.1) is 17.7 Å². The molecule has 1 N–H and O–H groups in total.